The quantitative estimate of drug-likeness (QED) is 0.854. The van der Waals surface area contributed by atoms with E-state index >= 15 is 0 Å². The van der Waals surface area contributed by atoms with Crippen LogP contribution in [0.1, 0.15) is 29.8 Å². The van der Waals surface area contributed by atoms with Crippen LogP contribution < -0.4 is 5.73 Å². The number of hydrogen-bond donors (Lipinski definition) is 1. The van der Waals surface area contributed by atoms with E-state index in [-0.39, 0.29) is 0 Å². The van der Waals surface area contributed by atoms with Crippen LogP contribution in [0.2, 0.25) is 0 Å². The van der Waals surface area contributed by atoms with Gasteiger partial charge in [0.2, 0.25) is 0 Å². The lowest BCUT2D eigenvalue weighted by Gasteiger charge is -2.43. The van der Waals surface area contributed by atoms with Gasteiger partial charge < -0.3 is 10.6 Å². The number of nitrogens with zero attached hydrogens (tertiary/aromatic N) is 2. The maximum atomic E-state index is 5.88. The zero-order valence-corrected chi connectivity index (χ0v) is 11.0. The molecule has 0 radical (unpaired) electrons. The summed E-state index contributed by atoms with van der Waals surface area (Å²) < 4.78 is 0. The normalized spacial score (nSPS) is 18.8. The molecule has 0 unspecified atom stereocenters. The van der Waals surface area contributed by atoms with E-state index in [9.17, 15) is 0 Å². The van der Waals surface area contributed by atoms with Crippen molar-refractivity contribution in [1.82, 2.24) is 9.88 Å². The number of thiazole rings is 1. The molecule has 0 atom stereocenters. The second kappa shape index (κ2) is 4.82. The van der Waals surface area contributed by atoms with E-state index in [4.69, 9.17) is 5.73 Å². The maximum Gasteiger partial charge on any atom is 0.0798 e. The van der Waals surface area contributed by atoms with Crippen LogP contribution in [-0.2, 0) is 6.54 Å². The van der Waals surface area contributed by atoms with Crippen molar-refractivity contribution in [3.8, 4) is 0 Å². The Morgan fingerprint density at radius 1 is 1.56 bits per heavy atom. The van der Waals surface area contributed by atoms with Crippen LogP contribution in [0.3, 0.4) is 0 Å². The minimum atomic E-state index is 0.410. The monoisotopic (exact) mass is 239 g/mol. The fourth-order valence-electron chi connectivity index (χ4n) is 2.46. The SMILES string of the molecule is Cc1ncsc1CN(C)CC1(CN)CCC1. The van der Waals surface area contributed by atoms with Crippen molar-refractivity contribution in [1.29, 1.82) is 0 Å². The standard InChI is InChI=1S/C12H21N3S/c1-10-11(16-9-14-10)6-15(2)8-12(7-13)4-3-5-12/h9H,3-8,13H2,1-2H3. The smallest absolute Gasteiger partial charge is 0.0798 e. The van der Waals surface area contributed by atoms with Crippen molar-refractivity contribution in [2.45, 2.75) is 32.7 Å². The molecule has 90 valence electrons. The fraction of sp³-hybridized carbons (Fsp3) is 0.750. The summed E-state index contributed by atoms with van der Waals surface area (Å²) in [7, 11) is 2.19. The van der Waals surface area contributed by atoms with Gasteiger partial charge in [-0.05, 0) is 38.8 Å². The molecule has 1 aliphatic rings. The zero-order valence-electron chi connectivity index (χ0n) is 10.2. The Labute approximate surface area is 102 Å². The molecule has 1 aliphatic carbocycles. The molecule has 0 saturated heterocycles. The molecule has 0 bridgehead atoms. The molecule has 1 aromatic heterocycles. The first-order chi connectivity index (χ1) is 7.65. The van der Waals surface area contributed by atoms with Crippen molar-refractivity contribution in [2.75, 3.05) is 20.1 Å². The molecule has 0 aliphatic heterocycles. The Balaban J connectivity index is 1.89. The van der Waals surface area contributed by atoms with Gasteiger partial charge in [-0.15, -0.1) is 11.3 Å². The average molecular weight is 239 g/mol. The van der Waals surface area contributed by atoms with Crippen molar-refractivity contribution >= 4 is 11.3 Å². The van der Waals surface area contributed by atoms with Crippen LogP contribution in [0.5, 0.6) is 0 Å². The van der Waals surface area contributed by atoms with Gasteiger partial charge in [-0.3, -0.25) is 0 Å². The summed E-state index contributed by atoms with van der Waals surface area (Å²) in [5.74, 6) is 0. The summed E-state index contributed by atoms with van der Waals surface area (Å²) in [5, 5.41) is 0. The Kier molecular flexibility index (Phi) is 3.62. The van der Waals surface area contributed by atoms with E-state index in [2.05, 4.69) is 23.9 Å². The molecular weight excluding hydrogens is 218 g/mol. The molecule has 2 N–H and O–H groups in total. The Morgan fingerprint density at radius 2 is 2.31 bits per heavy atom. The number of hydrogen-bond acceptors (Lipinski definition) is 4. The molecule has 0 amide bonds. The van der Waals surface area contributed by atoms with Gasteiger partial charge in [-0.2, -0.15) is 0 Å². The van der Waals surface area contributed by atoms with Gasteiger partial charge >= 0.3 is 0 Å². The molecule has 2 rings (SSSR count). The molecule has 4 heteroatoms. The predicted octanol–water partition coefficient (Wildman–Crippen LogP) is 2.01. The maximum absolute atomic E-state index is 5.88. The molecule has 16 heavy (non-hydrogen) atoms. The van der Waals surface area contributed by atoms with Crippen molar-refractivity contribution < 1.29 is 0 Å². The second-order valence-corrected chi connectivity index (χ2v) is 6.03. The number of aromatic nitrogens is 1. The highest BCUT2D eigenvalue weighted by Crippen LogP contribution is 2.40. The first-order valence-electron chi connectivity index (χ1n) is 5.93. The molecular formula is C12H21N3S. The minimum Gasteiger partial charge on any atom is -0.330 e. The summed E-state index contributed by atoms with van der Waals surface area (Å²) in [6, 6.07) is 0. The van der Waals surface area contributed by atoms with Crippen molar-refractivity contribution in [3.05, 3.63) is 16.1 Å². The molecule has 1 saturated carbocycles. The number of rotatable bonds is 5. The highest BCUT2D eigenvalue weighted by atomic mass is 32.1. The van der Waals surface area contributed by atoms with Gasteiger partial charge in [-0.25, -0.2) is 4.98 Å². The molecule has 3 nitrogen and oxygen atoms in total. The molecule has 1 aromatic rings. The highest BCUT2D eigenvalue weighted by molar-refractivity contribution is 7.09. The lowest BCUT2D eigenvalue weighted by Crippen LogP contribution is -2.45. The van der Waals surface area contributed by atoms with Crippen molar-refractivity contribution in [2.24, 2.45) is 11.1 Å². The van der Waals surface area contributed by atoms with Gasteiger partial charge in [0.25, 0.3) is 0 Å². The topological polar surface area (TPSA) is 42.2 Å². The van der Waals surface area contributed by atoms with Gasteiger partial charge in [-0.1, -0.05) is 6.42 Å². The van der Waals surface area contributed by atoms with E-state index in [1.54, 1.807) is 11.3 Å². The number of aryl methyl sites for hydroxylation is 1. The lowest BCUT2D eigenvalue weighted by atomic mass is 9.68. The van der Waals surface area contributed by atoms with Crippen LogP contribution in [-0.4, -0.2) is 30.0 Å². The van der Waals surface area contributed by atoms with Gasteiger partial charge in [0.15, 0.2) is 0 Å². The first-order valence-corrected chi connectivity index (χ1v) is 6.81. The van der Waals surface area contributed by atoms with Crippen LogP contribution in [0, 0.1) is 12.3 Å². The second-order valence-electron chi connectivity index (χ2n) is 5.09. The summed E-state index contributed by atoms with van der Waals surface area (Å²) in [6.07, 6.45) is 3.95. The third-order valence-electron chi connectivity index (χ3n) is 3.71. The van der Waals surface area contributed by atoms with Crippen LogP contribution in [0.4, 0.5) is 0 Å². The average Bonchev–Trinajstić information content (AvgIpc) is 2.58. The van der Waals surface area contributed by atoms with Crippen LogP contribution >= 0.6 is 11.3 Å². The van der Waals surface area contributed by atoms with E-state index in [0.29, 0.717) is 5.41 Å². The largest absolute Gasteiger partial charge is 0.330 e. The Morgan fingerprint density at radius 3 is 2.75 bits per heavy atom. The molecule has 0 spiro atoms. The fourth-order valence-corrected chi connectivity index (χ4v) is 3.31. The minimum absolute atomic E-state index is 0.410. The van der Waals surface area contributed by atoms with Gasteiger partial charge in [0, 0.05) is 18.0 Å². The van der Waals surface area contributed by atoms with E-state index < -0.39 is 0 Å². The van der Waals surface area contributed by atoms with Crippen molar-refractivity contribution in [3.63, 3.8) is 0 Å². The molecule has 1 fully saturated rings. The third kappa shape index (κ3) is 2.44. The van der Waals surface area contributed by atoms with E-state index in [0.717, 1.165) is 19.6 Å². The molecule has 1 heterocycles. The Hall–Kier alpha value is -0.450. The van der Waals surface area contributed by atoms with Crippen LogP contribution in [0.25, 0.3) is 0 Å². The van der Waals surface area contributed by atoms with Gasteiger partial charge in [0.1, 0.15) is 0 Å². The third-order valence-corrected chi connectivity index (χ3v) is 4.63. The zero-order chi connectivity index (χ0) is 11.6. The lowest BCUT2D eigenvalue weighted by molar-refractivity contribution is 0.0849. The highest BCUT2D eigenvalue weighted by Gasteiger charge is 2.36. The van der Waals surface area contributed by atoms with Gasteiger partial charge in [0.05, 0.1) is 11.2 Å². The van der Waals surface area contributed by atoms with E-state index in [1.165, 1.54) is 29.8 Å². The summed E-state index contributed by atoms with van der Waals surface area (Å²) in [4.78, 5) is 8.07. The first kappa shape index (κ1) is 12.0. The molecule has 0 aromatic carbocycles. The van der Waals surface area contributed by atoms with Crippen LogP contribution in [0.15, 0.2) is 5.51 Å². The predicted molar refractivity (Wildman–Crippen MR) is 68.5 cm³/mol. The van der Waals surface area contributed by atoms with E-state index in [1.807, 2.05) is 5.51 Å². The number of nitrogens with two attached hydrogens (primary N) is 1. The summed E-state index contributed by atoms with van der Waals surface area (Å²) in [6.45, 7) is 5.06. The summed E-state index contributed by atoms with van der Waals surface area (Å²) >= 11 is 1.75. The Bertz CT molecular complexity index is 338. The summed E-state index contributed by atoms with van der Waals surface area (Å²) in [5.41, 5.74) is 9.40.